The number of unbranched alkanes of at least 4 members (excludes halogenated alkanes) is 1. The van der Waals surface area contributed by atoms with E-state index < -0.39 is 0 Å². The van der Waals surface area contributed by atoms with Crippen LogP contribution < -0.4 is 20.5 Å². The molecule has 1 unspecified atom stereocenters. The second-order valence-electron chi connectivity index (χ2n) is 4.71. The number of ether oxygens (including phenoxy) is 2. The molecular formula is C15H24N2O3. The maximum absolute atomic E-state index is 10.6. The fraction of sp³-hybridized carbons (Fsp3) is 0.533. The fourth-order valence-corrected chi connectivity index (χ4v) is 2.03. The quantitative estimate of drug-likeness (QED) is 0.679. The molecule has 0 heterocycles. The summed E-state index contributed by atoms with van der Waals surface area (Å²) in [6.07, 6.45) is 2.17. The molecular weight excluding hydrogens is 256 g/mol. The largest absolute Gasteiger partial charge is 0.497 e. The summed E-state index contributed by atoms with van der Waals surface area (Å²) in [5.41, 5.74) is 6.16. The Bertz CT molecular complexity index is 435. The van der Waals surface area contributed by atoms with Crippen LogP contribution in [0.4, 0.5) is 0 Å². The summed E-state index contributed by atoms with van der Waals surface area (Å²) in [6, 6.07) is 5.90. The molecule has 1 rings (SSSR count). The zero-order valence-electron chi connectivity index (χ0n) is 12.4. The highest BCUT2D eigenvalue weighted by Gasteiger charge is 2.12. The van der Waals surface area contributed by atoms with Crippen LogP contribution in [0.2, 0.25) is 0 Å². The molecule has 1 amide bonds. The van der Waals surface area contributed by atoms with Crippen molar-refractivity contribution in [2.75, 3.05) is 20.8 Å². The SMILES string of the molecule is COc1ccc(OC)c(C(C)NCCCCC(N)=O)c1. The Morgan fingerprint density at radius 1 is 1.30 bits per heavy atom. The summed E-state index contributed by atoms with van der Waals surface area (Å²) in [7, 11) is 3.30. The number of carbonyl (C=O) groups is 1. The fourth-order valence-electron chi connectivity index (χ4n) is 2.03. The standard InChI is InChI=1S/C15H24N2O3/c1-11(17-9-5-4-6-15(16)18)13-10-12(19-2)7-8-14(13)20-3/h7-8,10-11,17H,4-6,9H2,1-3H3,(H2,16,18). The van der Waals surface area contributed by atoms with Gasteiger partial charge in [-0.1, -0.05) is 0 Å². The van der Waals surface area contributed by atoms with Gasteiger partial charge in [0.15, 0.2) is 0 Å². The molecule has 5 nitrogen and oxygen atoms in total. The van der Waals surface area contributed by atoms with Crippen molar-refractivity contribution in [2.24, 2.45) is 5.73 Å². The number of amides is 1. The third-order valence-corrected chi connectivity index (χ3v) is 3.20. The number of nitrogens with two attached hydrogens (primary N) is 1. The van der Waals surface area contributed by atoms with Crippen LogP contribution in [0.3, 0.4) is 0 Å². The van der Waals surface area contributed by atoms with Gasteiger partial charge in [-0.3, -0.25) is 4.79 Å². The minimum absolute atomic E-state index is 0.147. The summed E-state index contributed by atoms with van der Waals surface area (Å²) in [5, 5.41) is 3.41. The first kappa shape index (κ1) is 16.3. The van der Waals surface area contributed by atoms with Crippen LogP contribution in [0.5, 0.6) is 11.5 Å². The van der Waals surface area contributed by atoms with Crippen molar-refractivity contribution in [3.63, 3.8) is 0 Å². The molecule has 1 aromatic carbocycles. The zero-order chi connectivity index (χ0) is 15.0. The van der Waals surface area contributed by atoms with E-state index in [2.05, 4.69) is 12.2 Å². The van der Waals surface area contributed by atoms with Crippen molar-refractivity contribution in [1.82, 2.24) is 5.32 Å². The second kappa shape index (κ2) is 8.43. The minimum atomic E-state index is -0.243. The average Bonchev–Trinajstić information content (AvgIpc) is 2.45. The highest BCUT2D eigenvalue weighted by Crippen LogP contribution is 2.29. The highest BCUT2D eigenvalue weighted by molar-refractivity contribution is 5.73. The number of primary amides is 1. The summed E-state index contributed by atoms with van der Waals surface area (Å²) >= 11 is 0. The van der Waals surface area contributed by atoms with E-state index in [1.807, 2.05) is 18.2 Å². The minimum Gasteiger partial charge on any atom is -0.497 e. The Balaban J connectivity index is 2.53. The van der Waals surface area contributed by atoms with Crippen molar-refractivity contribution in [2.45, 2.75) is 32.2 Å². The molecule has 0 bridgehead atoms. The molecule has 0 fully saturated rings. The topological polar surface area (TPSA) is 73.6 Å². The molecule has 0 aliphatic heterocycles. The molecule has 0 radical (unpaired) electrons. The maximum Gasteiger partial charge on any atom is 0.217 e. The van der Waals surface area contributed by atoms with Crippen molar-refractivity contribution in [3.8, 4) is 11.5 Å². The molecule has 0 saturated heterocycles. The van der Waals surface area contributed by atoms with Crippen molar-refractivity contribution in [1.29, 1.82) is 0 Å². The monoisotopic (exact) mass is 280 g/mol. The van der Waals surface area contributed by atoms with Crippen LogP contribution in [0, 0.1) is 0 Å². The second-order valence-corrected chi connectivity index (χ2v) is 4.71. The number of nitrogens with one attached hydrogen (secondary N) is 1. The third kappa shape index (κ3) is 5.09. The van der Waals surface area contributed by atoms with Crippen molar-refractivity contribution < 1.29 is 14.3 Å². The van der Waals surface area contributed by atoms with Gasteiger partial charge in [0.1, 0.15) is 11.5 Å². The molecule has 0 spiro atoms. The number of hydrogen-bond donors (Lipinski definition) is 2. The summed E-state index contributed by atoms with van der Waals surface area (Å²) in [5.74, 6) is 1.40. The lowest BCUT2D eigenvalue weighted by Gasteiger charge is -2.18. The highest BCUT2D eigenvalue weighted by atomic mass is 16.5. The molecule has 20 heavy (non-hydrogen) atoms. The Morgan fingerprint density at radius 2 is 2.05 bits per heavy atom. The Labute approximate surface area is 120 Å². The van der Waals surface area contributed by atoms with Gasteiger partial charge in [-0.2, -0.15) is 0 Å². The third-order valence-electron chi connectivity index (χ3n) is 3.20. The number of hydrogen-bond acceptors (Lipinski definition) is 4. The summed E-state index contributed by atoms with van der Waals surface area (Å²) in [6.45, 7) is 2.90. The lowest BCUT2D eigenvalue weighted by atomic mass is 10.1. The van der Waals surface area contributed by atoms with E-state index in [0.29, 0.717) is 6.42 Å². The van der Waals surface area contributed by atoms with Crippen LogP contribution in [-0.2, 0) is 4.79 Å². The number of benzene rings is 1. The Morgan fingerprint density at radius 3 is 2.65 bits per heavy atom. The summed E-state index contributed by atoms with van der Waals surface area (Å²) in [4.78, 5) is 10.6. The van der Waals surface area contributed by atoms with Crippen LogP contribution in [0.25, 0.3) is 0 Å². The number of methoxy groups -OCH3 is 2. The molecule has 1 atom stereocenters. The van der Waals surface area contributed by atoms with Crippen molar-refractivity contribution in [3.05, 3.63) is 23.8 Å². The Kier molecular flexibility index (Phi) is 6.87. The van der Waals surface area contributed by atoms with Gasteiger partial charge in [-0.05, 0) is 44.5 Å². The first-order valence-electron chi connectivity index (χ1n) is 6.82. The van der Waals surface area contributed by atoms with E-state index in [1.54, 1.807) is 14.2 Å². The van der Waals surface area contributed by atoms with Gasteiger partial charge in [0.05, 0.1) is 14.2 Å². The lowest BCUT2D eigenvalue weighted by molar-refractivity contribution is -0.118. The van der Waals surface area contributed by atoms with Crippen LogP contribution in [-0.4, -0.2) is 26.7 Å². The van der Waals surface area contributed by atoms with Gasteiger partial charge in [-0.15, -0.1) is 0 Å². The van der Waals surface area contributed by atoms with Gasteiger partial charge in [0.25, 0.3) is 0 Å². The van der Waals surface area contributed by atoms with Gasteiger partial charge < -0.3 is 20.5 Å². The molecule has 0 aromatic heterocycles. The van der Waals surface area contributed by atoms with Gasteiger partial charge in [0, 0.05) is 18.0 Å². The predicted octanol–water partition coefficient (Wildman–Crippen LogP) is 2.01. The van der Waals surface area contributed by atoms with E-state index in [9.17, 15) is 4.79 Å². The average molecular weight is 280 g/mol. The van der Waals surface area contributed by atoms with E-state index in [0.717, 1.165) is 36.4 Å². The smallest absolute Gasteiger partial charge is 0.217 e. The number of carbonyl (C=O) groups excluding carboxylic acids is 1. The lowest BCUT2D eigenvalue weighted by Crippen LogP contribution is -2.21. The maximum atomic E-state index is 10.6. The molecule has 0 saturated carbocycles. The zero-order valence-corrected chi connectivity index (χ0v) is 12.4. The van der Waals surface area contributed by atoms with Gasteiger partial charge in [0.2, 0.25) is 5.91 Å². The summed E-state index contributed by atoms with van der Waals surface area (Å²) < 4.78 is 10.6. The molecule has 0 aliphatic carbocycles. The molecule has 0 aliphatic rings. The first-order chi connectivity index (χ1) is 9.58. The van der Waals surface area contributed by atoms with E-state index in [1.165, 1.54) is 0 Å². The molecule has 112 valence electrons. The molecule has 1 aromatic rings. The number of rotatable bonds is 9. The van der Waals surface area contributed by atoms with Crippen LogP contribution in [0.15, 0.2) is 18.2 Å². The Hall–Kier alpha value is -1.75. The van der Waals surface area contributed by atoms with E-state index >= 15 is 0 Å². The van der Waals surface area contributed by atoms with Gasteiger partial charge in [-0.25, -0.2) is 0 Å². The predicted molar refractivity (Wildman–Crippen MR) is 79.0 cm³/mol. The first-order valence-corrected chi connectivity index (χ1v) is 6.82. The normalized spacial score (nSPS) is 11.9. The molecule has 5 heteroatoms. The van der Waals surface area contributed by atoms with Crippen LogP contribution >= 0.6 is 0 Å². The van der Waals surface area contributed by atoms with E-state index in [4.69, 9.17) is 15.2 Å². The van der Waals surface area contributed by atoms with Crippen molar-refractivity contribution >= 4 is 5.91 Å². The van der Waals surface area contributed by atoms with E-state index in [-0.39, 0.29) is 11.9 Å². The van der Waals surface area contributed by atoms with Crippen LogP contribution in [0.1, 0.15) is 37.8 Å². The van der Waals surface area contributed by atoms with Gasteiger partial charge >= 0.3 is 0 Å². The molecule has 3 N–H and O–H groups in total.